The van der Waals surface area contributed by atoms with Gasteiger partial charge in [0.1, 0.15) is 0 Å². The summed E-state index contributed by atoms with van der Waals surface area (Å²) in [4.78, 5) is 2.71. The third-order valence-corrected chi connectivity index (χ3v) is 5.46. The Morgan fingerprint density at radius 3 is 1.71 bits per heavy atom. The molecule has 1 fully saturated rings. The second kappa shape index (κ2) is 7.46. The van der Waals surface area contributed by atoms with E-state index < -0.39 is 0 Å². The lowest BCUT2D eigenvalue weighted by Crippen LogP contribution is -2.55. The van der Waals surface area contributed by atoms with Crippen LogP contribution in [0.4, 0.5) is 0 Å². The molecule has 0 atom stereocenters. The minimum atomic E-state index is 0.255. The fraction of sp³-hybridized carbons (Fsp3) is 1.00. The number of hydrogen-bond donors (Lipinski definition) is 1. The molecule has 0 aromatic heterocycles. The van der Waals surface area contributed by atoms with Crippen LogP contribution in [0.1, 0.15) is 87.0 Å². The normalized spacial score (nSPS) is 18.3. The van der Waals surface area contributed by atoms with Crippen molar-refractivity contribution < 1.29 is 0 Å². The van der Waals surface area contributed by atoms with Crippen molar-refractivity contribution in [2.75, 3.05) is 19.6 Å². The molecule has 2 heteroatoms. The predicted molar refractivity (Wildman–Crippen MR) is 94.9 cm³/mol. The molecule has 0 radical (unpaired) electrons. The highest BCUT2D eigenvalue weighted by Gasteiger charge is 2.52. The van der Waals surface area contributed by atoms with Gasteiger partial charge >= 0.3 is 0 Å². The average Bonchev–Trinajstić information content (AvgIpc) is 3.17. The molecule has 1 saturated carbocycles. The number of unbranched alkanes of at least 4 members (excludes halogenated alkanes) is 2. The first-order chi connectivity index (χ1) is 9.68. The van der Waals surface area contributed by atoms with Crippen molar-refractivity contribution in [1.29, 1.82) is 0 Å². The first kappa shape index (κ1) is 19.0. The fourth-order valence-electron chi connectivity index (χ4n) is 3.23. The molecule has 2 nitrogen and oxygen atoms in total. The minimum absolute atomic E-state index is 0.255. The quantitative estimate of drug-likeness (QED) is 0.621. The molecule has 1 aliphatic carbocycles. The molecule has 0 unspecified atom stereocenters. The van der Waals surface area contributed by atoms with Gasteiger partial charge in [0, 0.05) is 17.6 Å². The van der Waals surface area contributed by atoms with Crippen LogP contribution < -0.4 is 5.32 Å². The van der Waals surface area contributed by atoms with Gasteiger partial charge in [-0.05, 0) is 58.0 Å². The standard InChI is InChI=1S/C19H40N2/c1-8-10-14-21(15-11-9-2)18(6,7)16-20-19(12-13-19)17(3,4)5/h20H,8-16H2,1-7H3. The Balaban J connectivity index is 2.59. The summed E-state index contributed by atoms with van der Waals surface area (Å²) in [5.74, 6) is 0. The second-order valence-corrected chi connectivity index (χ2v) is 8.69. The highest BCUT2D eigenvalue weighted by molar-refractivity contribution is 5.10. The zero-order valence-electron chi connectivity index (χ0n) is 15.8. The maximum atomic E-state index is 3.94. The summed E-state index contributed by atoms with van der Waals surface area (Å²) in [6.07, 6.45) is 7.90. The summed E-state index contributed by atoms with van der Waals surface area (Å²) in [7, 11) is 0. The van der Waals surface area contributed by atoms with Crippen LogP contribution in [0.5, 0.6) is 0 Å². The zero-order valence-corrected chi connectivity index (χ0v) is 15.8. The van der Waals surface area contributed by atoms with Crippen molar-refractivity contribution in [3.8, 4) is 0 Å². The van der Waals surface area contributed by atoms with Crippen molar-refractivity contribution in [3.05, 3.63) is 0 Å². The fourth-order valence-corrected chi connectivity index (χ4v) is 3.23. The maximum absolute atomic E-state index is 3.94. The monoisotopic (exact) mass is 296 g/mol. The Bertz CT molecular complexity index is 289. The van der Waals surface area contributed by atoms with Crippen LogP contribution in [0, 0.1) is 5.41 Å². The minimum Gasteiger partial charge on any atom is -0.309 e. The number of hydrogen-bond acceptors (Lipinski definition) is 2. The van der Waals surface area contributed by atoms with Gasteiger partial charge in [0.25, 0.3) is 0 Å². The molecule has 0 bridgehead atoms. The molecule has 1 N–H and O–H groups in total. The van der Waals surface area contributed by atoms with Crippen molar-refractivity contribution in [2.45, 2.75) is 98.1 Å². The van der Waals surface area contributed by atoms with Crippen molar-refractivity contribution in [1.82, 2.24) is 10.2 Å². The maximum Gasteiger partial charge on any atom is 0.0277 e. The molecule has 1 rings (SSSR count). The van der Waals surface area contributed by atoms with E-state index in [1.54, 1.807) is 0 Å². The van der Waals surface area contributed by atoms with E-state index in [4.69, 9.17) is 0 Å². The van der Waals surface area contributed by atoms with Crippen molar-refractivity contribution in [2.24, 2.45) is 5.41 Å². The van der Waals surface area contributed by atoms with E-state index in [9.17, 15) is 0 Å². The molecule has 21 heavy (non-hydrogen) atoms. The zero-order chi connectivity index (χ0) is 16.1. The Kier molecular flexibility index (Phi) is 6.74. The van der Waals surface area contributed by atoms with Crippen LogP contribution in [-0.2, 0) is 0 Å². The van der Waals surface area contributed by atoms with E-state index in [-0.39, 0.29) is 5.54 Å². The van der Waals surface area contributed by atoms with E-state index in [0.717, 1.165) is 6.54 Å². The van der Waals surface area contributed by atoms with Gasteiger partial charge in [-0.15, -0.1) is 0 Å². The number of rotatable bonds is 10. The lowest BCUT2D eigenvalue weighted by Gasteiger charge is -2.42. The van der Waals surface area contributed by atoms with E-state index >= 15 is 0 Å². The van der Waals surface area contributed by atoms with Crippen LogP contribution in [0.3, 0.4) is 0 Å². The summed E-state index contributed by atoms with van der Waals surface area (Å²) in [5.41, 5.74) is 1.03. The molecule has 0 aromatic rings. The molecule has 0 aliphatic heterocycles. The molecule has 0 heterocycles. The van der Waals surface area contributed by atoms with Gasteiger partial charge in [0.05, 0.1) is 0 Å². The van der Waals surface area contributed by atoms with Crippen LogP contribution >= 0.6 is 0 Å². The molecule has 126 valence electrons. The van der Waals surface area contributed by atoms with Gasteiger partial charge in [0.2, 0.25) is 0 Å². The molecular weight excluding hydrogens is 256 g/mol. The molecule has 1 aliphatic rings. The van der Waals surface area contributed by atoms with E-state index in [1.807, 2.05) is 0 Å². The number of nitrogens with zero attached hydrogens (tertiary/aromatic N) is 1. The third-order valence-electron chi connectivity index (χ3n) is 5.46. The van der Waals surface area contributed by atoms with Crippen LogP contribution in [-0.4, -0.2) is 35.6 Å². The van der Waals surface area contributed by atoms with Crippen LogP contribution in [0.2, 0.25) is 0 Å². The first-order valence-electron chi connectivity index (χ1n) is 9.18. The van der Waals surface area contributed by atoms with E-state index in [1.165, 1.54) is 51.6 Å². The molecule has 0 amide bonds. The van der Waals surface area contributed by atoms with E-state index in [2.05, 4.69) is 58.7 Å². The lowest BCUT2D eigenvalue weighted by molar-refractivity contribution is 0.0999. The summed E-state index contributed by atoms with van der Waals surface area (Å²) in [6.45, 7) is 20.2. The van der Waals surface area contributed by atoms with Gasteiger partial charge in [-0.25, -0.2) is 0 Å². The summed E-state index contributed by atoms with van der Waals surface area (Å²) in [5, 5.41) is 3.94. The average molecular weight is 297 g/mol. The van der Waals surface area contributed by atoms with Crippen LogP contribution in [0.25, 0.3) is 0 Å². The van der Waals surface area contributed by atoms with E-state index in [0.29, 0.717) is 11.0 Å². The molecule has 0 spiro atoms. The smallest absolute Gasteiger partial charge is 0.0277 e. The van der Waals surface area contributed by atoms with Gasteiger partial charge < -0.3 is 5.32 Å². The van der Waals surface area contributed by atoms with Gasteiger partial charge in [-0.2, -0.15) is 0 Å². The third kappa shape index (κ3) is 5.25. The van der Waals surface area contributed by atoms with Crippen LogP contribution in [0.15, 0.2) is 0 Å². The molecule has 0 aromatic carbocycles. The molecular formula is C19H40N2. The van der Waals surface area contributed by atoms with Crippen molar-refractivity contribution >= 4 is 0 Å². The SMILES string of the molecule is CCCCN(CCCC)C(C)(C)CNC1(C(C)(C)C)CC1. The van der Waals surface area contributed by atoms with Crippen molar-refractivity contribution in [3.63, 3.8) is 0 Å². The summed E-state index contributed by atoms with van der Waals surface area (Å²) in [6, 6.07) is 0. The Labute approximate surface area is 134 Å². The Morgan fingerprint density at radius 2 is 1.38 bits per heavy atom. The largest absolute Gasteiger partial charge is 0.309 e. The first-order valence-corrected chi connectivity index (χ1v) is 9.18. The van der Waals surface area contributed by atoms with Gasteiger partial charge in [-0.3, -0.25) is 4.90 Å². The Morgan fingerprint density at radius 1 is 0.905 bits per heavy atom. The predicted octanol–water partition coefficient (Wildman–Crippen LogP) is 4.84. The highest BCUT2D eigenvalue weighted by atomic mass is 15.2. The second-order valence-electron chi connectivity index (χ2n) is 8.69. The lowest BCUT2D eigenvalue weighted by atomic mass is 9.83. The highest BCUT2D eigenvalue weighted by Crippen LogP contribution is 2.49. The number of nitrogens with one attached hydrogen (secondary N) is 1. The summed E-state index contributed by atoms with van der Waals surface area (Å²) >= 11 is 0. The van der Waals surface area contributed by atoms with Gasteiger partial charge in [0.15, 0.2) is 0 Å². The molecule has 0 saturated heterocycles. The Hall–Kier alpha value is -0.0800. The summed E-state index contributed by atoms with van der Waals surface area (Å²) < 4.78 is 0. The topological polar surface area (TPSA) is 15.3 Å². The van der Waals surface area contributed by atoms with Gasteiger partial charge in [-0.1, -0.05) is 47.5 Å².